The van der Waals surface area contributed by atoms with Crippen LogP contribution in [0.1, 0.15) is 34.3 Å². The largest absolute Gasteiger partial charge is 0.397 e. The van der Waals surface area contributed by atoms with Crippen LogP contribution in [0.25, 0.3) is 0 Å². The summed E-state index contributed by atoms with van der Waals surface area (Å²) >= 11 is 12.0. The molecule has 0 saturated carbocycles. The highest BCUT2D eigenvalue weighted by Gasteiger charge is 2.28. The number of nitrogens with two attached hydrogens (primary N) is 1. The summed E-state index contributed by atoms with van der Waals surface area (Å²) in [5, 5.41) is 4.00. The van der Waals surface area contributed by atoms with Crippen molar-refractivity contribution in [2.75, 3.05) is 17.6 Å². The Labute approximate surface area is 203 Å². The summed E-state index contributed by atoms with van der Waals surface area (Å²) in [4.78, 5) is 27.5. The van der Waals surface area contributed by atoms with Gasteiger partial charge in [0.1, 0.15) is 0 Å². The molecule has 0 aromatic heterocycles. The summed E-state index contributed by atoms with van der Waals surface area (Å²) in [7, 11) is 0. The lowest BCUT2D eigenvalue weighted by Crippen LogP contribution is -2.41. The zero-order valence-electron chi connectivity index (χ0n) is 18.1. The molecule has 0 radical (unpaired) electrons. The summed E-state index contributed by atoms with van der Waals surface area (Å²) in [6.07, 6.45) is 2.55. The summed E-state index contributed by atoms with van der Waals surface area (Å²) < 4.78 is 0. The maximum Gasteiger partial charge on any atom is 0.255 e. The van der Waals surface area contributed by atoms with Gasteiger partial charge < -0.3 is 16.0 Å². The Hall–Kier alpha value is -3.02. The number of benzene rings is 3. The number of rotatable bonds is 6. The van der Waals surface area contributed by atoms with Crippen LogP contribution >= 0.6 is 23.2 Å². The van der Waals surface area contributed by atoms with E-state index in [1.165, 1.54) is 0 Å². The van der Waals surface area contributed by atoms with Gasteiger partial charge in [0.25, 0.3) is 5.91 Å². The molecule has 0 spiro atoms. The Bertz CT molecular complexity index is 1160. The van der Waals surface area contributed by atoms with Crippen molar-refractivity contribution in [3.05, 3.63) is 93.5 Å². The molecule has 2 amide bonds. The van der Waals surface area contributed by atoms with Crippen molar-refractivity contribution < 1.29 is 9.59 Å². The van der Waals surface area contributed by atoms with Gasteiger partial charge in [-0.1, -0.05) is 47.5 Å². The van der Waals surface area contributed by atoms with Crippen molar-refractivity contribution in [3.63, 3.8) is 0 Å². The summed E-state index contributed by atoms with van der Waals surface area (Å²) in [6, 6.07) is 19.9. The van der Waals surface area contributed by atoms with Crippen molar-refractivity contribution in [1.82, 2.24) is 4.90 Å². The van der Waals surface area contributed by atoms with Crippen LogP contribution in [0.2, 0.25) is 10.0 Å². The highest BCUT2D eigenvalue weighted by atomic mass is 35.5. The topological polar surface area (TPSA) is 75.4 Å². The molecule has 170 valence electrons. The molecule has 1 heterocycles. The lowest BCUT2D eigenvalue weighted by atomic mass is 9.90. The van der Waals surface area contributed by atoms with Crippen molar-refractivity contribution in [2.45, 2.75) is 25.8 Å². The summed E-state index contributed by atoms with van der Waals surface area (Å²) in [6.45, 7) is 1.26. The van der Waals surface area contributed by atoms with Crippen LogP contribution in [0, 0.1) is 5.92 Å². The number of amides is 2. The van der Waals surface area contributed by atoms with Gasteiger partial charge in [0.15, 0.2) is 0 Å². The van der Waals surface area contributed by atoms with Gasteiger partial charge >= 0.3 is 0 Å². The van der Waals surface area contributed by atoms with Crippen LogP contribution in [0.5, 0.6) is 0 Å². The van der Waals surface area contributed by atoms with Gasteiger partial charge in [-0.25, -0.2) is 0 Å². The van der Waals surface area contributed by atoms with Gasteiger partial charge in [0.05, 0.1) is 11.4 Å². The average Bonchev–Trinajstić information content (AvgIpc) is 2.79. The number of carbonyl (C=O) groups excluding carboxylic acids is 2. The number of nitrogens with zero attached hydrogens (tertiary/aromatic N) is 1. The molecular formula is C26H25Cl2N3O2. The molecular weight excluding hydrogens is 457 g/mol. The molecule has 0 bridgehead atoms. The minimum atomic E-state index is -0.258. The molecule has 0 aliphatic carbocycles. The van der Waals surface area contributed by atoms with E-state index in [1.54, 1.807) is 30.3 Å². The first-order chi connectivity index (χ1) is 15.9. The van der Waals surface area contributed by atoms with E-state index in [4.69, 9.17) is 28.9 Å². The molecule has 1 unspecified atom stereocenters. The Kier molecular flexibility index (Phi) is 7.21. The molecule has 1 atom stereocenters. The third kappa shape index (κ3) is 5.86. The normalized spacial score (nSPS) is 16.0. The molecule has 1 aliphatic heterocycles. The third-order valence-electron chi connectivity index (χ3n) is 5.86. The minimum absolute atomic E-state index is 0.0351. The zero-order chi connectivity index (χ0) is 23.4. The molecule has 1 aliphatic rings. The van der Waals surface area contributed by atoms with Crippen molar-refractivity contribution in [1.29, 1.82) is 0 Å². The number of halogens is 2. The molecule has 1 fully saturated rings. The SMILES string of the molecule is Nc1cc(Cl)ccc1NC(=O)c1ccc(CN2CCCC(Cc3cccc(Cl)c3)C2=O)cc1. The number of anilines is 2. The maximum absolute atomic E-state index is 13.1. The second-order valence-electron chi connectivity index (χ2n) is 8.32. The van der Waals surface area contributed by atoms with Gasteiger partial charge in [0, 0.05) is 34.6 Å². The standard InChI is InChI=1S/C26H25Cl2N3O2/c27-21-5-1-3-18(14-21)13-20-4-2-12-31(26(20)33)16-17-6-8-19(9-7-17)25(32)30-24-11-10-22(28)15-23(24)29/h1,3,5-11,14-15,20H,2,4,12-13,16,29H2,(H,30,32). The second-order valence-corrected chi connectivity index (χ2v) is 9.19. The molecule has 3 aromatic carbocycles. The number of piperidine rings is 1. The van der Waals surface area contributed by atoms with Gasteiger partial charge in [-0.15, -0.1) is 0 Å². The van der Waals surface area contributed by atoms with Gasteiger partial charge in [-0.3, -0.25) is 9.59 Å². The molecule has 5 nitrogen and oxygen atoms in total. The van der Waals surface area contributed by atoms with Crippen LogP contribution in [-0.4, -0.2) is 23.3 Å². The number of likely N-dealkylation sites (tertiary alicyclic amines) is 1. The monoisotopic (exact) mass is 481 g/mol. The fourth-order valence-electron chi connectivity index (χ4n) is 4.14. The van der Waals surface area contributed by atoms with Gasteiger partial charge in [-0.2, -0.15) is 0 Å². The quantitative estimate of drug-likeness (QED) is 0.436. The van der Waals surface area contributed by atoms with E-state index >= 15 is 0 Å². The third-order valence-corrected chi connectivity index (χ3v) is 6.33. The van der Waals surface area contributed by atoms with E-state index in [0.717, 1.165) is 30.5 Å². The number of nitrogen functional groups attached to an aromatic ring is 1. The average molecular weight is 482 g/mol. The first kappa shape index (κ1) is 23.1. The van der Waals surface area contributed by atoms with E-state index in [9.17, 15) is 9.59 Å². The van der Waals surface area contributed by atoms with Gasteiger partial charge in [0.2, 0.25) is 5.91 Å². The van der Waals surface area contributed by atoms with Crippen LogP contribution in [0.4, 0.5) is 11.4 Å². The predicted molar refractivity (Wildman–Crippen MR) is 134 cm³/mol. The lowest BCUT2D eigenvalue weighted by molar-refractivity contribution is -0.139. The summed E-state index contributed by atoms with van der Waals surface area (Å²) in [5.74, 6) is -0.125. The fraction of sp³-hybridized carbons (Fsp3) is 0.231. The van der Waals surface area contributed by atoms with Gasteiger partial charge in [-0.05, 0) is 72.9 Å². The molecule has 7 heteroatoms. The Balaban J connectivity index is 1.37. The van der Waals surface area contributed by atoms with E-state index in [0.29, 0.717) is 39.9 Å². The van der Waals surface area contributed by atoms with E-state index in [-0.39, 0.29) is 17.7 Å². The van der Waals surface area contributed by atoms with Crippen LogP contribution in [-0.2, 0) is 17.8 Å². The Morgan fingerprint density at radius 3 is 2.48 bits per heavy atom. The highest BCUT2D eigenvalue weighted by Crippen LogP contribution is 2.26. The predicted octanol–water partition coefficient (Wildman–Crippen LogP) is 5.81. The lowest BCUT2D eigenvalue weighted by Gasteiger charge is -2.32. The number of hydrogen-bond donors (Lipinski definition) is 2. The Morgan fingerprint density at radius 2 is 1.76 bits per heavy atom. The van der Waals surface area contributed by atoms with Crippen molar-refractivity contribution in [2.24, 2.45) is 5.92 Å². The maximum atomic E-state index is 13.1. The second kappa shape index (κ2) is 10.3. The van der Waals surface area contributed by atoms with Crippen molar-refractivity contribution in [3.8, 4) is 0 Å². The van der Waals surface area contributed by atoms with E-state index < -0.39 is 0 Å². The van der Waals surface area contributed by atoms with Crippen LogP contribution in [0.3, 0.4) is 0 Å². The van der Waals surface area contributed by atoms with Crippen LogP contribution < -0.4 is 11.1 Å². The van der Waals surface area contributed by atoms with Crippen LogP contribution in [0.15, 0.2) is 66.7 Å². The first-order valence-electron chi connectivity index (χ1n) is 10.9. The molecule has 3 aromatic rings. The summed E-state index contributed by atoms with van der Waals surface area (Å²) in [5.41, 5.74) is 9.41. The zero-order valence-corrected chi connectivity index (χ0v) is 19.6. The first-order valence-corrected chi connectivity index (χ1v) is 11.6. The van der Waals surface area contributed by atoms with E-state index in [1.807, 2.05) is 41.3 Å². The molecule has 3 N–H and O–H groups in total. The van der Waals surface area contributed by atoms with Crippen molar-refractivity contribution >= 4 is 46.4 Å². The number of carbonyl (C=O) groups is 2. The van der Waals surface area contributed by atoms with E-state index in [2.05, 4.69) is 5.32 Å². The molecule has 4 rings (SSSR count). The number of hydrogen-bond acceptors (Lipinski definition) is 3. The molecule has 33 heavy (non-hydrogen) atoms. The highest BCUT2D eigenvalue weighted by molar-refractivity contribution is 6.31. The number of nitrogens with one attached hydrogen (secondary N) is 1. The Morgan fingerprint density at radius 1 is 1.00 bits per heavy atom. The molecule has 1 saturated heterocycles. The minimum Gasteiger partial charge on any atom is -0.397 e. The smallest absolute Gasteiger partial charge is 0.255 e. The fourth-order valence-corrected chi connectivity index (χ4v) is 4.53.